The lowest BCUT2D eigenvalue weighted by Gasteiger charge is -2.29. The summed E-state index contributed by atoms with van der Waals surface area (Å²) in [6, 6.07) is 0. The van der Waals surface area contributed by atoms with Gasteiger partial charge in [0.05, 0.1) is 6.10 Å². The maximum Gasteiger partial charge on any atom is 0.101 e. The van der Waals surface area contributed by atoms with E-state index < -0.39 is 0 Å². The van der Waals surface area contributed by atoms with Crippen molar-refractivity contribution in [2.75, 3.05) is 19.8 Å². The highest BCUT2D eigenvalue weighted by molar-refractivity contribution is 4.89. The van der Waals surface area contributed by atoms with Crippen molar-refractivity contribution in [2.24, 2.45) is 0 Å². The van der Waals surface area contributed by atoms with Crippen LogP contribution in [-0.2, 0) is 9.47 Å². The van der Waals surface area contributed by atoms with Crippen molar-refractivity contribution >= 4 is 0 Å². The zero-order valence-corrected chi connectivity index (χ0v) is 7.95. The molecule has 2 atom stereocenters. The van der Waals surface area contributed by atoms with Crippen LogP contribution in [0.15, 0.2) is 12.7 Å². The number of hydrogen-bond donors (Lipinski definition) is 1. The summed E-state index contributed by atoms with van der Waals surface area (Å²) in [5.41, 5.74) is 0. The van der Waals surface area contributed by atoms with Crippen LogP contribution in [0.1, 0.15) is 19.3 Å². The summed E-state index contributed by atoms with van der Waals surface area (Å²) < 4.78 is 11.0. The van der Waals surface area contributed by atoms with E-state index in [1.165, 1.54) is 0 Å². The minimum atomic E-state index is 0.0347. The lowest BCUT2D eigenvalue weighted by molar-refractivity contribution is -0.0861. The van der Waals surface area contributed by atoms with Crippen LogP contribution in [0, 0.1) is 0 Å². The second kappa shape index (κ2) is 6.13. The molecule has 0 aromatic heterocycles. The molecule has 0 aromatic rings. The number of aliphatic hydroxyl groups is 1. The average molecular weight is 186 g/mol. The van der Waals surface area contributed by atoms with E-state index in [0.717, 1.165) is 19.4 Å². The molecule has 0 radical (unpaired) electrons. The van der Waals surface area contributed by atoms with Gasteiger partial charge in [0.2, 0.25) is 0 Å². The summed E-state index contributed by atoms with van der Waals surface area (Å²) in [5.74, 6) is 0. The van der Waals surface area contributed by atoms with Crippen molar-refractivity contribution in [1.29, 1.82) is 0 Å². The zero-order chi connectivity index (χ0) is 9.52. The molecule has 1 rings (SSSR count). The Morgan fingerprint density at radius 3 is 3.15 bits per heavy atom. The van der Waals surface area contributed by atoms with Crippen molar-refractivity contribution in [3.63, 3.8) is 0 Å². The largest absolute Gasteiger partial charge is 0.396 e. The molecule has 1 heterocycles. The van der Waals surface area contributed by atoms with E-state index in [4.69, 9.17) is 14.6 Å². The van der Waals surface area contributed by atoms with Gasteiger partial charge in [-0.05, 0) is 19.3 Å². The molecular formula is C10H18O3. The molecule has 1 aliphatic rings. The van der Waals surface area contributed by atoms with Crippen molar-refractivity contribution in [3.05, 3.63) is 12.7 Å². The van der Waals surface area contributed by atoms with Crippen LogP contribution in [0.2, 0.25) is 0 Å². The van der Waals surface area contributed by atoms with Crippen LogP contribution in [0.25, 0.3) is 0 Å². The molecular weight excluding hydrogens is 168 g/mol. The van der Waals surface area contributed by atoms with Gasteiger partial charge < -0.3 is 14.6 Å². The van der Waals surface area contributed by atoms with E-state index in [2.05, 4.69) is 6.58 Å². The Balaban J connectivity index is 2.23. The third-order valence-corrected chi connectivity index (χ3v) is 2.18. The van der Waals surface area contributed by atoms with Gasteiger partial charge in [-0.1, -0.05) is 6.08 Å². The normalized spacial score (nSPS) is 28.7. The maximum atomic E-state index is 8.59. The van der Waals surface area contributed by atoms with Crippen LogP contribution in [0.4, 0.5) is 0 Å². The first kappa shape index (κ1) is 10.7. The minimum Gasteiger partial charge on any atom is -0.396 e. The molecule has 13 heavy (non-hydrogen) atoms. The van der Waals surface area contributed by atoms with Crippen molar-refractivity contribution in [3.8, 4) is 0 Å². The van der Waals surface area contributed by atoms with Crippen LogP contribution in [0.3, 0.4) is 0 Å². The van der Waals surface area contributed by atoms with E-state index >= 15 is 0 Å². The Morgan fingerprint density at radius 2 is 2.46 bits per heavy atom. The predicted octanol–water partition coefficient (Wildman–Crippen LogP) is 1.12. The molecule has 1 saturated heterocycles. The van der Waals surface area contributed by atoms with Gasteiger partial charge >= 0.3 is 0 Å². The number of hydrogen-bond acceptors (Lipinski definition) is 3. The van der Waals surface area contributed by atoms with Crippen LogP contribution >= 0.6 is 0 Å². The van der Waals surface area contributed by atoms with Crippen LogP contribution in [-0.4, -0.2) is 37.1 Å². The first-order valence-electron chi connectivity index (χ1n) is 4.85. The van der Waals surface area contributed by atoms with E-state index in [1.54, 1.807) is 6.08 Å². The lowest BCUT2D eigenvalue weighted by Crippen LogP contribution is -2.35. The summed E-state index contributed by atoms with van der Waals surface area (Å²) in [4.78, 5) is 0. The van der Waals surface area contributed by atoms with Gasteiger partial charge in [0.1, 0.15) is 6.10 Å². The highest BCUT2D eigenvalue weighted by Gasteiger charge is 2.23. The first-order valence-corrected chi connectivity index (χ1v) is 4.85. The average Bonchev–Trinajstić information content (AvgIpc) is 2.19. The van der Waals surface area contributed by atoms with Crippen molar-refractivity contribution in [1.82, 2.24) is 0 Å². The number of aliphatic hydroxyl groups excluding tert-OH is 1. The fourth-order valence-corrected chi connectivity index (χ4v) is 1.47. The molecule has 1 aliphatic heterocycles. The highest BCUT2D eigenvalue weighted by atomic mass is 16.5. The van der Waals surface area contributed by atoms with Crippen LogP contribution in [0.5, 0.6) is 0 Å². The Morgan fingerprint density at radius 1 is 1.62 bits per heavy atom. The summed E-state index contributed by atoms with van der Waals surface area (Å²) in [6.45, 7) is 5.30. The molecule has 76 valence electrons. The molecule has 2 unspecified atom stereocenters. The van der Waals surface area contributed by atoms with Gasteiger partial charge in [0, 0.05) is 19.8 Å². The molecule has 3 nitrogen and oxygen atoms in total. The summed E-state index contributed by atoms with van der Waals surface area (Å²) in [6.07, 6.45) is 4.74. The zero-order valence-electron chi connectivity index (χ0n) is 7.95. The fourth-order valence-electron chi connectivity index (χ4n) is 1.47. The molecule has 0 spiro atoms. The SMILES string of the molecule is C=CC1OCCCC1OCCCO. The second-order valence-electron chi connectivity index (χ2n) is 3.20. The van der Waals surface area contributed by atoms with Crippen molar-refractivity contribution < 1.29 is 14.6 Å². The molecule has 1 N–H and O–H groups in total. The predicted molar refractivity (Wildman–Crippen MR) is 50.6 cm³/mol. The first-order chi connectivity index (χ1) is 6.38. The summed E-state index contributed by atoms with van der Waals surface area (Å²) in [7, 11) is 0. The topological polar surface area (TPSA) is 38.7 Å². The van der Waals surface area contributed by atoms with E-state index in [0.29, 0.717) is 13.0 Å². The second-order valence-corrected chi connectivity index (χ2v) is 3.20. The summed E-state index contributed by atoms with van der Waals surface area (Å²) >= 11 is 0. The highest BCUT2D eigenvalue weighted by Crippen LogP contribution is 2.17. The Bertz CT molecular complexity index is 147. The lowest BCUT2D eigenvalue weighted by atomic mass is 10.1. The Labute approximate surface area is 79.3 Å². The molecule has 0 bridgehead atoms. The molecule has 0 aliphatic carbocycles. The molecule has 0 aromatic carbocycles. The minimum absolute atomic E-state index is 0.0347. The van der Waals surface area contributed by atoms with Crippen molar-refractivity contribution in [2.45, 2.75) is 31.5 Å². The van der Waals surface area contributed by atoms with Gasteiger partial charge in [-0.15, -0.1) is 6.58 Å². The van der Waals surface area contributed by atoms with E-state index in [9.17, 15) is 0 Å². The van der Waals surface area contributed by atoms with E-state index in [1.807, 2.05) is 0 Å². The monoisotopic (exact) mass is 186 g/mol. The van der Waals surface area contributed by atoms with Gasteiger partial charge in [-0.2, -0.15) is 0 Å². The molecule has 0 amide bonds. The smallest absolute Gasteiger partial charge is 0.101 e. The molecule has 1 fully saturated rings. The van der Waals surface area contributed by atoms with Gasteiger partial charge in [-0.3, -0.25) is 0 Å². The molecule has 3 heteroatoms. The quantitative estimate of drug-likeness (QED) is 0.516. The Kier molecular flexibility index (Phi) is 5.05. The van der Waals surface area contributed by atoms with Gasteiger partial charge in [-0.25, -0.2) is 0 Å². The third-order valence-electron chi connectivity index (χ3n) is 2.18. The standard InChI is InChI=1S/C10H18O3/c1-2-9-10(5-3-7-12-9)13-8-4-6-11/h2,9-11H,1,3-8H2. The maximum absolute atomic E-state index is 8.59. The van der Waals surface area contributed by atoms with Gasteiger partial charge in [0.15, 0.2) is 0 Å². The fraction of sp³-hybridized carbons (Fsp3) is 0.800. The number of ether oxygens (including phenoxy) is 2. The van der Waals surface area contributed by atoms with Gasteiger partial charge in [0.25, 0.3) is 0 Å². The third kappa shape index (κ3) is 3.46. The Hall–Kier alpha value is -0.380. The number of rotatable bonds is 5. The van der Waals surface area contributed by atoms with E-state index in [-0.39, 0.29) is 18.8 Å². The van der Waals surface area contributed by atoms with Crippen LogP contribution < -0.4 is 0 Å². The molecule has 0 saturated carbocycles. The summed E-state index contributed by atoms with van der Waals surface area (Å²) in [5, 5.41) is 8.59.